The summed E-state index contributed by atoms with van der Waals surface area (Å²) in [5, 5.41) is 9.34. The van der Waals surface area contributed by atoms with Crippen LogP contribution >= 0.6 is 0 Å². The fourth-order valence-corrected chi connectivity index (χ4v) is 1.20. The zero-order valence-electron chi connectivity index (χ0n) is 7.19. The van der Waals surface area contributed by atoms with Crippen molar-refractivity contribution >= 4 is 12.6 Å². The van der Waals surface area contributed by atoms with Gasteiger partial charge in [0.2, 0.25) is 6.79 Å². The highest BCUT2D eigenvalue weighted by Gasteiger charge is 2.19. The fourth-order valence-electron chi connectivity index (χ4n) is 1.20. The van der Waals surface area contributed by atoms with Crippen molar-refractivity contribution in [3.8, 4) is 11.5 Å². The largest absolute Gasteiger partial charge is 0.491 e. The maximum Gasteiger partial charge on any atom is 0.491 e. The van der Waals surface area contributed by atoms with Crippen LogP contribution < -0.4 is 14.9 Å². The van der Waals surface area contributed by atoms with E-state index in [2.05, 4.69) is 0 Å². The molecule has 0 aliphatic carbocycles. The van der Waals surface area contributed by atoms with Gasteiger partial charge >= 0.3 is 7.12 Å². The fraction of sp³-hybridized carbons (Fsp3) is 0.250. The van der Waals surface area contributed by atoms with Crippen LogP contribution in [0.3, 0.4) is 0 Å². The zero-order valence-corrected chi connectivity index (χ0v) is 7.19. The van der Waals surface area contributed by atoms with Gasteiger partial charge in [-0.2, -0.15) is 0 Å². The van der Waals surface area contributed by atoms with Crippen LogP contribution in [0.5, 0.6) is 11.5 Å². The molecule has 0 unspecified atom stereocenters. The van der Waals surface area contributed by atoms with E-state index in [0.29, 0.717) is 17.0 Å². The Morgan fingerprint density at radius 1 is 1.38 bits per heavy atom. The first-order chi connectivity index (χ1) is 6.31. The Labute approximate surface area is 76.2 Å². The molecule has 5 heteroatoms. The van der Waals surface area contributed by atoms with Gasteiger partial charge in [-0.3, -0.25) is 0 Å². The van der Waals surface area contributed by atoms with Gasteiger partial charge in [-0.1, -0.05) is 6.07 Å². The van der Waals surface area contributed by atoms with Gasteiger partial charge in [-0.15, -0.1) is 0 Å². The van der Waals surface area contributed by atoms with Gasteiger partial charge in [0.25, 0.3) is 0 Å². The maximum atomic E-state index is 9.34. The average molecular weight is 180 g/mol. The molecule has 1 aliphatic heterocycles. The Bertz CT molecular complexity index is 315. The second-order valence-corrected chi connectivity index (χ2v) is 2.70. The molecule has 1 aromatic rings. The monoisotopic (exact) mass is 180 g/mol. The molecule has 1 heterocycles. The highest BCUT2D eigenvalue weighted by atomic mass is 16.7. The van der Waals surface area contributed by atoms with Gasteiger partial charge < -0.3 is 19.2 Å². The Morgan fingerprint density at radius 2 is 2.15 bits per heavy atom. The maximum absolute atomic E-state index is 9.34. The number of benzene rings is 1. The van der Waals surface area contributed by atoms with Gasteiger partial charge in [0.05, 0.1) is 0 Å². The Morgan fingerprint density at radius 3 is 2.92 bits per heavy atom. The third kappa shape index (κ3) is 1.48. The molecule has 0 bridgehead atoms. The summed E-state index contributed by atoms with van der Waals surface area (Å²) in [6.07, 6.45) is 0. The quantitative estimate of drug-likeness (QED) is 0.637. The topological polar surface area (TPSA) is 47.9 Å². The molecule has 1 aliphatic rings. The van der Waals surface area contributed by atoms with Crippen LogP contribution in [0, 0.1) is 0 Å². The van der Waals surface area contributed by atoms with E-state index in [4.69, 9.17) is 14.1 Å². The summed E-state index contributed by atoms with van der Waals surface area (Å²) in [6.45, 7) is 0.238. The van der Waals surface area contributed by atoms with E-state index in [1.165, 1.54) is 7.11 Å². The smallest absolute Gasteiger partial charge is 0.454 e. The second kappa shape index (κ2) is 3.28. The normalized spacial score (nSPS) is 13.1. The molecule has 0 aromatic heterocycles. The van der Waals surface area contributed by atoms with Crippen LogP contribution in [0.4, 0.5) is 0 Å². The predicted molar refractivity (Wildman–Crippen MR) is 47.2 cm³/mol. The molecule has 0 saturated carbocycles. The van der Waals surface area contributed by atoms with Gasteiger partial charge in [-0.25, -0.2) is 0 Å². The summed E-state index contributed by atoms with van der Waals surface area (Å²) >= 11 is 0. The van der Waals surface area contributed by atoms with Crippen molar-refractivity contribution in [3.63, 3.8) is 0 Å². The van der Waals surface area contributed by atoms with Crippen LogP contribution in [-0.4, -0.2) is 26.0 Å². The molecule has 4 nitrogen and oxygen atoms in total. The van der Waals surface area contributed by atoms with Crippen molar-refractivity contribution in [2.45, 2.75) is 0 Å². The van der Waals surface area contributed by atoms with Crippen LogP contribution in [0.15, 0.2) is 18.2 Å². The van der Waals surface area contributed by atoms with Crippen molar-refractivity contribution in [3.05, 3.63) is 18.2 Å². The molecular formula is C8H9BO4. The first-order valence-electron chi connectivity index (χ1n) is 3.91. The van der Waals surface area contributed by atoms with Crippen molar-refractivity contribution in [1.82, 2.24) is 0 Å². The van der Waals surface area contributed by atoms with Gasteiger partial charge in [0.1, 0.15) is 0 Å². The first-order valence-corrected chi connectivity index (χ1v) is 3.91. The Kier molecular flexibility index (Phi) is 2.12. The molecule has 2 rings (SSSR count). The lowest BCUT2D eigenvalue weighted by molar-refractivity contribution is 0.174. The number of hydrogen-bond donors (Lipinski definition) is 1. The van der Waals surface area contributed by atoms with Gasteiger partial charge in [0, 0.05) is 7.11 Å². The molecule has 0 atom stereocenters. The van der Waals surface area contributed by atoms with Crippen LogP contribution in [0.1, 0.15) is 0 Å². The highest BCUT2D eigenvalue weighted by molar-refractivity contribution is 6.60. The van der Waals surface area contributed by atoms with Gasteiger partial charge in [0.15, 0.2) is 11.5 Å². The number of hydrogen-bond acceptors (Lipinski definition) is 4. The molecule has 0 spiro atoms. The summed E-state index contributed by atoms with van der Waals surface area (Å²) in [6, 6.07) is 5.19. The van der Waals surface area contributed by atoms with E-state index in [1.807, 2.05) is 0 Å². The summed E-state index contributed by atoms with van der Waals surface area (Å²) in [7, 11) is 0.532. The number of rotatable bonds is 2. The van der Waals surface area contributed by atoms with Crippen LogP contribution in [0.2, 0.25) is 0 Å². The SMILES string of the molecule is COB(O)c1ccc2c(c1)OCO2. The molecule has 13 heavy (non-hydrogen) atoms. The Balaban J connectivity index is 2.30. The minimum absolute atomic E-state index is 0.238. The van der Waals surface area contributed by atoms with E-state index in [0.717, 1.165) is 0 Å². The zero-order chi connectivity index (χ0) is 9.26. The summed E-state index contributed by atoms with van der Waals surface area (Å²) in [4.78, 5) is 0. The lowest BCUT2D eigenvalue weighted by Crippen LogP contribution is -2.31. The third-order valence-corrected chi connectivity index (χ3v) is 1.91. The minimum Gasteiger partial charge on any atom is -0.454 e. The van der Waals surface area contributed by atoms with Crippen molar-refractivity contribution in [1.29, 1.82) is 0 Å². The predicted octanol–water partition coefficient (Wildman–Crippen LogP) is -0.251. The molecule has 68 valence electrons. The minimum atomic E-state index is -0.908. The van der Waals surface area contributed by atoms with Crippen molar-refractivity contribution in [2.24, 2.45) is 0 Å². The molecule has 0 saturated heterocycles. The molecule has 0 fully saturated rings. The summed E-state index contributed by atoms with van der Waals surface area (Å²) < 4.78 is 15.0. The van der Waals surface area contributed by atoms with Crippen molar-refractivity contribution in [2.75, 3.05) is 13.9 Å². The lowest BCUT2D eigenvalue weighted by atomic mass is 9.79. The van der Waals surface area contributed by atoms with E-state index < -0.39 is 7.12 Å². The summed E-state index contributed by atoms with van der Waals surface area (Å²) in [5.74, 6) is 1.35. The lowest BCUT2D eigenvalue weighted by Gasteiger charge is -2.04. The van der Waals surface area contributed by atoms with Gasteiger partial charge in [-0.05, 0) is 17.6 Å². The second-order valence-electron chi connectivity index (χ2n) is 2.70. The number of fused-ring (bicyclic) bond motifs is 1. The van der Waals surface area contributed by atoms with Crippen molar-refractivity contribution < 1.29 is 19.2 Å². The Hall–Kier alpha value is -1.20. The third-order valence-electron chi connectivity index (χ3n) is 1.91. The van der Waals surface area contributed by atoms with Crippen LogP contribution in [0.25, 0.3) is 0 Å². The first kappa shape index (κ1) is 8.41. The molecular weight excluding hydrogens is 171 g/mol. The highest BCUT2D eigenvalue weighted by Crippen LogP contribution is 2.29. The molecule has 1 N–H and O–H groups in total. The molecule has 0 radical (unpaired) electrons. The number of ether oxygens (including phenoxy) is 2. The van der Waals surface area contributed by atoms with Crippen LogP contribution in [-0.2, 0) is 4.65 Å². The van der Waals surface area contributed by atoms with E-state index in [-0.39, 0.29) is 6.79 Å². The molecule has 0 amide bonds. The standard InChI is InChI=1S/C8H9BO4/c1-11-9(10)6-2-3-7-8(4-6)13-5-12-7/h2-4,10H,5H2,1H3. The van der Waals surface area contributed by atoms with E-state index in [1.54, 1.807) is 18.2 Å². The van der Waals surface area contributed by atoms with E-state index >= 15 is 0 Å². The molecule has 1 aromatic carbocycles. The average Bonchev–Trinajstić information content (AvgIpc) is 2.63. The summed E-state index contributed by atoms with van der Waals surface area (Å²) in [5.41, 5.74) is 0.659. The van der Waals surface area contributed by atoms with E-state index in [9.17, 15) is 5.02 Å².